The quantitative estimate of drug-likeness (QED) is 0.332. The summed E-state index contributed by atoms with van der Waals surface area (Å²) in [6.07, 6.45) is 0.939. The van der Waals surface area contributed by atoms with Gasteiger partial charge in [0.15, 0.2) is 5.96 Å². The number of rotatable bonds is 7. The highest BCUT2D eigenvalue weighted by atomic mass is 127. The highest BCUT2D eigenvalue weighted by Gasteiger charge is 1.94. The molecule has 0 spiro atoms. The lowest BCUT2D eigenvalue weighted by Crippen LogP contribution is -2.32. The number of aliphatic imine (C=N–C) groups is 1. The SMILES string of the molecule is CCOCCCNC(N)=NCc1cccc(C)c1.I. The fourth-order valence-corrected chi connectivity index (χ4v) is 1.58. The van der Waals surface area contributed by atoms with Crippen molar-refractivity contribution in [1.29, 1.82) is 0 Å². The van der Waals surface area contributed by atoms with Gasteiger partial charge in [0.05, 0.1) is 6.54 Å². The van der Waals surface area contributed by atoms with Crippen LogP contribution in [0.4, 0.5) is 0 Å². The second-order valence-corrected chi connectivity index (χ2v) is 4.17. The molecule has 0 heterocycles. The zero-order chi connectivity index (χ0) is 13.2. The maximum Gasteiger partial charge on any atom is 0.188 e. The summed E-state index contributed by atoms with van der Waals surface area (Å²) in [6, 6.07) is 8.28. The summed E-state index contributed by atoms with van der Waals surface area (Å²) in [6.45, 7) is 6.99. The zero-order valence-corrected chi connectivity index (χ0v) is 14.0. The van der Waals surface area contributed by atoms with Gasteiger partial charge >= 0.3 is 0 Å². The van der Waals surface area contributed by atoms with Gasteiger partial charge in [0, 0.05) is 19.8 Å². The Morgan fingerprint density at radius 3 is 2.89 bits per heavy atom. The highest BCUT2D eigenvalue weighted by Crippen LogP contribution is 2.04. The molecule has 0 bridgehead atoms. The first-order valence-corrected chi connectivity index (χ1v) is 6.39. The number of nitrogens with two attached hydrogens (primary N) is 1. The second-order valence-electron chi connectivity index (χ2n) is 4.17. The lowest BCUT2D eigenvalue weighted by molar-refractivity contribution is 0.145. The molecule has 108 valence electrons. The number of nitrogens with zero attached hydrogens (tertiary/aromatic N) is 1. The Hall–Kier alpha value is -0.820. The van der Waals surface area contributed by atoms with Crippen molar-refractivity contribution in [3.05, 3.63) is 35.4 Å². The zero-order valence-electron chi connectivity index (χ0n) is 11.7. The topological polar surface area (TPSA) is 59.6 Å². The lowest BCUT2D eigenvalue weighted by Gasteiger charge is -2.06. The van der Waals surface area contributed by atoms with Gasteiger partial charge in [-0.25, -0.2) is 4.99 Å². The van der Waals surface area contributed by atoms with Crippen molar-refractivity contribution in [3.8, 4) is 0 Å². The van der Waals surface area contributed by atoms with Crippen molar-refractivity contribution in [1.82, 2.24) is 5.32 Å². The number of ether oxygens (including phenoxy) is 1. The van der Waals surface area contributed by atoms with Crippen LogP contribution in [0.1, 0.15) is 24.5 Å². The van der Waals surface area contributed by atoms with E-state index in [4.69, 9.17) is 10.5 Å². The number of nitrogens with one attached hydrogen (secondary N) is 1. The molecule has 0 unspecified atom stereocenters. The molecule has 0 saturated carbocycles. The van der Waals surface area contributed by atoms with Gasteiger partial charge in [-0.05, 0) is 25.8 Å². The van der Waals surface area contributed by atoms with Crippen molar-refractivity contribution < 1.29 is 4.74 Å². The molecule has 0 aliphatic heterocycles. The third-order valence-electron chi connectivity index (χ3n) is 2.49. The Bertz CT molecular complexity index is 383. The molecular formula is C14H24IN3O. The molecular weight excluding hydrogens is 353 g/mol. The lowest BCUT2D eigenvalue weighted by atomic mass is 10.1. The fourth-order valence-electron chi connectivity index (χ4n) is 1.58. The molecule has 1 aromatic carbocycles. The van der Waals surface area contributed by atoms with Gasteiger partial charge in [0.25, 0.3) is 0 Å². The van der Waals surface area contributed by atoms with Crippen molar-refractivity contribution >= 4 is 29.9 Å². The second kappa shape index (κ2) is 11.0. The highest BCUT2D eigenvalue weighted by molar-refractivity contribution is 14.0. The normalized spacial score (nSPS) is 10.9. The number of guanidine groups is 1. The van der Waals surface area contributed by atoms with Gasteiger partial charge in [-0.3, -0.25) is 0 Å². The first-order valence-electron chi connectivity index (χ1n) is 6.39. The molecule has 0 atom stereocenters. The minimum Gasteiger partial charge on any atom is -0.382 e. The van der Waals surface area contributed by atoms with Crippen LogP contribution in [-0.2, 0) is 11.3 Å². The average Bonchev–Trinajstić information content (AvgIpc) is 2.36. The Labute approximate surface area is 132 Å². The van der Waals surface area contributed by atoms with Crippen LogP contribution in [0.25, 0.3) is 0 Å². The summed E-state index contributed by atoms with van der Waals surface area (Å²) in [5.41, 5.74) is 8.19. The molecule has 4 nitrogen and oxygen atoms in total. The predicted octanol–water partition coefficient (Wildman–Crippen LogP) is 2.44. The third-order valence-corrected chi connectivity index (χ3v) is 2.49. The van der Waals surface area contributed by atoms with E-state index in [1.54, 1.807) is 0 Å². The maximum absolute atomic E-state index is 5.77. The monoisotopic (exact) mass is 377 g/mol. The molecule has 19 heavy (non-hydrogen) atoms. The largest absolute Gasteiger partial charge is 0.382 e. The van der Waals surface area contributed by atoms with E-state index in [1.165, 1.54) is 11.1 Å². The summed E-state index contributed by atoms with van der Waals surface area (Å²) in [7, 11) is 0. The Kier molecular flexibility index (Phi) is 10.6. The number of halogens is 1. The standard InChI is InChI=1S/C14H23N3O.HI/c1-3-18-9-5-8-16-14(15)17-11-13-7-4-6-12(2)10-13;/h4,6-7,10H,3,5,8-9,11H2,1-2H3,(H3,15,16,17);1H. The minimum atomic E-state index is 0. The van der Waals surface area contributed by atoms with Gasteiger partial charge in [-0.2, -0.15) is 0 Å². The number of hydrogen-bond donors (Lipinski definition) is 2. The molecule has 5 heteroatoms. The van der Waals surface area contributed by atoms with Gasteiger partial charge in [-0.15, -0.1) is 24.0 Å². The summed E-state index contributed by atoms with van der Waals surface area (Å²) < 4.78 is 5.24. The van der Waals surface area contributed by atoms with E-state index in [1.807, 2.05) is 13.0 Å². The van der Waals surface area contributed by atoms with Crippen molar-refractivity contribution in [3.63, 3.8) is 0 Å². The minimum absolute atomic E-state index is 0. The van der Waals surface area contributed by atoms with Crippen LogP contribution in [-0.4, -0.2) is 25.7 Å². The fraction of sp³-hybridized carbons (Fsp3) is 0.500. The predicted molar refractivity (Wildman–Crippen MR) is 91.0 cm³/mol. The molecule has 0 fully saturated rings. The Morgan fingerprint density at radius 2 is 2.21 bits per heavy atom. The van der Waals surface area contributed by atoms with Crippen LogP contribution >= 0.6 is 24.0 Å². The van der Waals surface area contributed by atoms with Crippen molar-refractivity contribution in [2.24, 2.45) is 10.7 Å². The molecule has 0 aliphatic rings. The molecule has 0 aliphatic carbocycles. The molecule has 1 aromatic rings. The van der Waals surface area contributed by atoms with Crippen LogP contribution in [0.15, 0.2) is 29.3 Å². The molecule has 3 N–H and O–H groups in total. The van der Waals surface area contributed by atoms with E-state index in [0.29, 0.717) is 12.5 Å². The van der Waals surface area contributed by atoms with Gasteiger partial charge in [0.2, 0.25) is 0 Å². The molecule has 0 saturated heterocycles. The maximum atomic E-state index is 5.77. The molecule has 1 rings (SSSR count). The number of benzene rings is 1. The first kappa shape index (κ1) is 18.2. The van der Waals surface area contributed by atoms with E-state index < -0.39 is 0 Å². The van der Waals surface area contributed by atoms with Crippen LogP contribution < -0.4 is 11.1 Å². The van der Waals surface area contributed by atoms with Crippen LogP contribution in [0, 0.1) is 6.92 Å². The summed E-state index contributed by atoms with van der Waals surface area (Å²) in [5, 5.41) is 3.07. The third kappa shape index (κ3) is 8.83. The Morgan fingerprint density at radius 1 is 1.42 bits per heavy atom. The van der Waals surface area contributed by atoms with Crippen LogP contribution in [0.3, 0.4) is 0 Å². The van der Waals surface area contributed by atoms with E-state index in [9.17, 15) is 0 Å². The first-order chi connectivity index (χ1) is 8.72. The number of hydrogen-bond acceptors (Lipinski definition) is 2. The average molecular weight is 377 g/mol. The van der Waals surface area contributed by atoms with E-state index in [0.717, 1.165) is 26.2 Å². The van der Waals surface area contributed by atoms with Crippen molar-refractivity contribution in [2.45, 2.75) is 26.8 Å². The smallest absolute Gasteiger partial charge is 0.188 e. The van der Waals surface area contributed by atoms with E-state index in [-0.39, 0.29) is 24.0 Å². The van der Waals surface area contributed by atoms with Crippen molar-refractivity contribution in [2.75, 3.05) is 19.8 Å². The summed E-state index contributed by atoms with van der Waals surface area (Å²) >= 11 is 0. The van der Waals surface area contributed by atoms with E-state index >= 15 is 0 Å². The van der Waals surface area contributed by atoms with Gasteiger partial charge in [-0.1, -0.05) is 29.8 Å². The van der Waals surface area contributed by atoms with Gasteiger partial charge < -0.3 is 15.8 Å². The molecule has 0 amide bonds. The van der Waals surface area contributed by atoms with Crippen LogP contribution in [0.2, 0.25) is 0 Å². The Balaban J connectivity index is 0.00000324. The molecule has 0 radical (unpaired) electrons. The number of aryl methyl sites for hydroxylation is 1. The molecule has 0 aromatic heterocycles. The van der Waals surface area contributed by atoms with E-state index in [2.05, 4.69) is 35.4 Å². The summed E-state index contributed by atoms with van der Waals surface area (Å²) in [4.78, 5) is 4.30. The summed E-state index contributed by atoms with van der Waals surface area (Å²) in [5.74, 6) is 0.494. The van der Waals surface area contributed by atoms with Crippen LogP contribution in [0.5, 0.6) is 0 Å². The van der Waals surface area contributed by atoms with Gasteiger partial charge in [0.1, 0.15) is 0 Å².